The minimum Gasteiger partial charge on any atom is -0.307 e. The van der Waals surface area contributed by atoms with Crippen molar-refractivity contribution in [3.8, 4) is 0 Å². The molecule has 0 amide bonds. The van der Waals surface area contributed by atoms with E-state index in [9.17, 15) is 0 Å². The van der Waals surface area contributed by atoms with Gasteiger partial charge in [-0.05, 0) is 19.0 Å². The Labute approximate surface area is 125 Å². The molecule has 2 rings (SSSR count). The molecular formula is C16H23N3S. The van der Waals surface area contributed by atoms with Crippen molar-refractivity contribution >= 4 is 11.3 Å². The number of hydrogen-bond donors (Lipinski definition) is 1. The Morgan fingerprint density at radius 3 is 2.60 bits per heavy atom. The fourth-order valence-corrected chi connectivity index (χ4v) is 3.29. The third kappa shape index (κ3) is 4.12. The van der Waals surface area contributed by atoms with Crippen LogP contribution in [0.1, 0.15) is 54.2 Å². The van der Waals surface area contributed by atoms with Crippen LogP contribution < -0.4 is 5.32 Å². The Bertz CT molecular complexity index is 495. The van der Waals surface area contributed by atoms with Gasteiger partial charge in [0.2, 0.25) is 0 Å². The zero-order valence-electron chi connectivity index (χ0n) is 12.3. The SMILES string of the molecule is CCCCCCc1nnc(C(NC)c2ccccc2)s1. The Morgan fingerprint density at radius 1 is 1.10 bits per heavy atom. The fourth-order valence-electron chi connectivity index (χ4n) is 2.27. The van der Waals surface area contributed by atoms with Gasteiger partial charge in [-0.1, -0.05) is 67.9 Å². The first kappa shape index (κ1) is 15.1. The molecule has 0 saturated heterocycles. The summed E-state index contributed by atoms with van der Waals surface area (Å²) in [5.41, 5.74) is 1.24. The summed E-state index contributed by atoms with van der Waals surface area (Å²) in [7, 11) is 1.97. The van der Waals surface area contributed by atoms with Gasteiger partial charge in [0.1, 0.15) is 10.0 Å². The van der Waals surface area contributed by atoms with Crippen molar-refractivity contribution in [3.05, 3.63) is 45.9 Å². The van der Waals surface area contributed by atoms with Gasteiger partial charge in [0, 0.05) is 6.42 Å². The lowest BCUT2D eigenvalue weighted by molar-refractivity contribution is 0.658. The third-order valence-electron chi connectivity index (χ3n) is 3.40. The van der Waals surface area contributed by atoms with Crippen molar-refractivity contribution < 1.29 is 0 Å². The Kier molecular flexibility index (Phi) is 6.15. The van der Waals surface area contributed by atoms with Gasteiger partial charge in [0.15, 0.2) is 0 Å². The summed E-state index contributed by atoms with van der Waals surface area (Å²) in [6.45, 7) is 2.24. The van der Waals surface area contributed by atoms with E-state index in [4.69, 9.17) is 0 Å². The molecule has 0 aliphatic rings. The van der Waals surface area contributed by atoms with Crippen LogP contribution in [0.15, 0.2) is 30.3 Å². The van der Waals surface area contributed by atoms with E-state index in [-0.39, 0.29) is 6.04 Å². The quantitative estimate of drug-likeness (QED) is 0.747. The van der Waals surface area contributed by atoms with Gasteiger partial charge >= 0.3 is 0 Å². The molecule has 2 aromatic rings. The van der Waals surface area contributed by atoms with Gasteiger partial charge < -0.3 is 5.32 Å². The summed E-state index contributed by atoms with van der Waals surface area (Å²) in [6.07, 6.45) is 6.16. The first-order chi connectivity index (χ1) is 9.85. The molecule has 1 N–H and O–H groups in total. The maximum atomic E-state index is 4.37. The van der Waals surface area contributed by atoms with Crippen LogP contribution in [0.5, 0.6) is 0 Å². The molecule has 20 heavy (non-hydrogen) atoms. The van der Waals surface area contributed by atoms with Crippen LogP contribution in [0.2, 0.25) is 0 Å². The van der Waals surface area contributed by atoms with Crippen molar-refractivity contribution in [2.75, 3.05) is 7.05 Å². The number of nitrogens with one attached hydrogen (secondary N) is 1. The molecule has 4 heteroatoms. The molecule has 0 radical (unpaired) electrons. The lowest BCUT2D eigenvalue weighted by Gasteiger charge is -2.12. The zero-order valence-corrected chi connectivity index (χ0v) is 13.1. The predicted molar refractivity (Wildman–Crippen MR) is 85.1 cm³/mol. The molecule has 0 bridgehead atoms. The van der Waals surface area contributed by atoms with E-state index < -0.39 is 0 Å². The number of benzene rings is 1. The topological polar surface area (TPSA) is 37.8 Å². The van der Waals surface area contributed by atoms with Crippen LogP contribution in [-0.2, 0) is 6.42 Å². The minimum atomic E-state index is 0.151. The van der Waals surface area contributed by atoms with E-state index in [1.54, 1.807) is 11.3 Å². The molecule has 1 heterocycles. The highest BCUT2D eigenvalue weighted by atomic mass is 32.1. The molecule has 108 valence electrons. The monoisotopic (exact) mass is 289 g/mol. The lowest BCUT2D eigenvalue weighted by Crippen LogP contribution is -2.17. The van der Waals surface area contributed by atoms with Gasteiger partial charge in [-0.15, -0.1) is 10.2 Å². The van der Waals surface area contributed by atoms with E-state index in [1.165, 1.54) is 31.2 Å². The van der Waals surface area contributed by atoms with E-state index in [0.717, 1.165) is 16.4 Å². The van der Waals surface area contributed by atoms with E-state index in [0.29, 0.717) is 0 Å². The van der Waals surface area contributed by atoms with Crippen LogP contribution in [0, 0.1) is 0 Å². The molecule has 1 aromatic heterocycles. The second kappa shape index (κ2) is 8.12. The second-order valence-electron chi connectivity index (χ2n) is 4.98. The molecule has 3 nitrogen and oxygen atoms in total. The summed E-state index contributed by atoms with van der Waals surface area (Å²) >= 11 is 1.73. The van der Waals surface area contributed by atoms with Crippen molar-refractivity contribution in [2.45, 2.75) is 45.1 Å². The van der Waals surface area contributed by atoms with Crippen molar-refractivity contribution in [3.63, 3.8) is 0 Å². The zero-order chi connectivity index (χ0) is 14.2. The van der Waals surface area contributed by atoms with E-state index in [2.05, 4.69) is 46.7 Å². The Balaban J connectivity index is 1.99. The van der Waals surface area contributed by atoms with Crippen LogP contribution in [0.3, 0.4) is 0 Å². The van der Waals surface area contributed by atoms with Gasteiger partial charge in [-0.3, -0.25) is 0 Å². The van der Waals surface area contributed by atoms with E-state index >= 15 is 0 Å². The van der Waals surface area contributed by atoms with Gasteiger partial charge in [-0.2, -0.15) is 0 Å². The van der Waals surface area contributed by atoms with Crippen LogP contribution >= 0.6 is 11.3 Å². The number of rotatable bonds is 8. The summed E-state index contributed by atoms with van der Waals surface area (Å²) in [4.78, 5) is 0. The molecule has 0 aliphatic carbocycles. The maximum absolute atomic E-state index is 4.37. The number of aromatic nitrogens is 2. The van der Waals surface area contributed by atoms with Gasteiger partial charge in [-0.25, -0.2) is 0 Å². The highest BCUT2D eigenvalue weighted by Crippen LogP contribution is 2.25. The smallest absolute Gasteiger partial charge is 0.139 e. The lowest BCUT2D eigenvalue weighted by atomic mass is 10.1. The molecule has 0 spiro atoms. The standard InChI is InChI=1S/C16H23N3S/c1-3-4-5-9-12-14-18-19-16(20-14)15(17-2)13-10-7-6-8-11-13/h6-8,10-11,15,17H,3-5,9,12H2,1-2H3. The number of hydrogen-bond acceptors (Lipinski definition) is 4. The number of aryl methyl sites for hydroxylation is 1. The predicted octanol–water partition coefficient (Wildman–Crippen LogP) is 3.97. The fraction of sp³-hybridized carbons (Fsp3) is 0.500. The molecule has 1 aromatic carbocycles. The normalized spacial score (nSPS) is 12.5. The summed E-state index contributed by atoms with van der Waals surface area (Å²) < 4.78 is 0. The molecule has 1 unspecified atom stereocenters. The van der Waals surface area contributed by atoms with Crippen molar-refractivity contribution in [1.29, 1.82) is 0 Å². The van der Waals surface area contributed by atoms with Crippen molar-refractivity contribution in [2.24, 2.45) is 0 Å². The second-order valence-corrected chi connectivity index (χ2v) is 6.07. The summed E-state index contributed by atoms with van der Waals surface area (Å²) in [6, 6.07) is 10.6. The molecule has 0 aliphatic heterocycles. The molecule has 0 saturated carbocycles. The third-order valence-corrected chi connectivity index (χ3v) is 4.44. The maximum Gasteiger partial charge on any atom is 0.139 e. The van der Waals surface area contributed by atoms with Crippen LogP contribution in [-0.4, -0.2) is 17.2 Å². The Hall–Kier alpha value is -1.26. The summed E-state index contributed by atoms with van der Waals surface area (Å²) in [5.74, 6) is 0. The minimum absolute atomic E-state index is 0.151. The van der Waals surface area contributed by atoms with Crippen molar-refractivity contribution in [1.82, 2.24) is 15.5 Å². The average Bonchev–Trinajstić information content (AvgIpc) is 2.94. The first-order valence-corrected chi connectivity index (χ1v) is 8.21. The highest BCUT2D eigenvalue weighted by molar-refractivity contribution is 7.11. The van der Waals surface area contributed by atoms with Gasteiger partial charge in [0.05, 0.1) is 6.04 Å². The first-order valence-electron chi connectivity index (χ1n) is 7.39. The highest BCUT2D eigenvalue weighted by Gasteiger charge is 2.16. The van der Waals surface area contributed by atoms with Crippen LogP contribution in [0.25, 0.3) is 0 Å². The van der Waals surface area contributed by atoms with Crippen LogP contribution in [0.4, 0.5) is 0 Å². The average molecular weight is 289 g/mol. The summed E-state index contributed by atoms with van der Waals surface area (Å²) in [5, 5.41) is 14.3. The molecular weight excluding hydrogens is 266 g/mol. The Morgan fingerprint density at radius 2 is 1.90 bits per heavy atom. The number of nitrogens with zero attached hydrogens (tertiary/aromatic N) is 2. The molecule has 0 fully saturated rings. The molecule has 1 atom stereocenters. The van der Waals surface area contributed by atoms with E-state index in [1.807, 2.05) is 13.1 Å². The van der Waals surface area contributed by atoms with Gasteiger partial charge in [0.25, 0.3) is 0 Å². The number of unbranched alkanes of at least 4 members (excludes halogenated alkanes) is 3. The largest absolute Gasteiger partial charge is 0.307 e.